The van der Waals surface area contributed by atoms with E-state index >= 15 is 0 Å². The third kappa shape index (κ3) is 11.8. The molecular formula is C54H79F3N2O15. The molecule has 7 aliphatic rings. The number of aliphatic hydroxyl groups is 2. The van der Waals surface area contributed by atoms with E-state index in [0.717, 1.165) is 12.0 Å². The van der Waals surface area contributed by atoms with Crippen LogP contribution in [0, 0.1) is 23.7 Å². The fourth-order valence-electron chi connectivity index (χ4n) is 11.8. The smallest absolute Gasteiger partial charge is 0.462 e. The van der Waals surface area contributed by atoms with E-state index in [1.165, 1.54) is 21.1 Å². The first-order chi connectivity index (χ1) is 34.8. The van der Waals surface area contributed by atoms with Gasteiger partial charge < -0.3 is 68.2 Å². The third-order valence-corrected chi connectivity index (χ3v) is 16.1. The number of alkyl halides is 3. The molecule has 2 amide bonds. The summed E-state index contributed by atoms with van der Waals surface area (Å²) >= 11 is 0. The zero-order valence-electron chi connectivity index (χ0n) is 44.7. The predicted octanol–water partition coefficient (Wildman–Crippen LogP) is 5.96. The topological polar surface area (TPSA) is 208 Å². The number of ether oxygens (including phenoxy) is 10. The van der Waals surface area contributed by atoms with Crippen LogP contribution in [0.25, 0.3) is 0 Å². The highest BCUT2D eigenvalue weighted by Gasteiger charge is 2.62. The number of hydrogen-bond donors (Lipinski definition) is 4. The molecule has 416 valence electrons. The number of methoxy groups -OCH3 is 2. The normalized spacial score (nSPS) is 42.4. The number of allylic oxidation sites excluding steroid dienone is 2. The lowest BCUT2D eigenvalue weighted by Gasteiger charge is -2.50. The molecule has 0 aromatic rings. The second-order valence-electron chi connectivity index (χ2n) is 21.8. The first-order valence-corrected chi connectivity index (χ1v) is 26.2. The second kappa shape index (κ2) is 23.2. The molecule has 7 rings (SSSR count). The van der Waals surface area contributed by atoms with E-state index in [0.29, 0.717) is 24.0 Å². The Morgan fingerprint density at radius 3 is 2.31 bits per heavy atom. The molecule has 20 atom stereocenters. The van der Waals surface area contributed by atoms with Gasteiger partial charge in [0.25, 0.3) is 5.91 Å². The van der Waals surface area contributed by atoms with Gasteiger partial charge in [-0.2, -0.15) is 13.2 Å². The van der Waals surface area contributed by atoms with Crippen molar-refractivity contribution in [2.24, 2.45) is 23.7 Å². The molecule has 74 heavy (non-hydrogen) atoms. The van der Waals surface area contributed by atoms with Gasteiger partial charge in [0, 0.05) is 57.8 Å². The highest BCUT2D eigenvalue weighted by atomic mass is 19.4. The number of carbonyl (C=O) groups is 3. The minimum Gasteiger partial charge on any atom is -0.462 e. The Bertz CT molecular complexity index is 2190. The zero-order valence-corrected chi connectivity index (χ0v) is 44.7. The molecule has 0 radical (unpaired) electrons. The lowest BCUT2D eigenvalue weighted by Crippen LogP contribution is -2.76. The number of carbonyl (C=O) groups excluding carboxylic acids is 3. The summed E-state index contributed by atoms with van der Waals surface area (Å²) in [5.74, 6) is -6.22. The van der Waals surface area contributed by atoms with Crippen molar-refractivity contribution in [2.45, 2.75) is 217 Å². The van der Waals surface area contributed by atoms with Gasteiger partial charge in [-0.1, -0.05) is 70.6 Å². The van der Waals surface area contributed by atoms with Crippen molar-refractivity contribution in [3.8, 4) is 0 Å². The SMILES string of the molecule is CCC(C)[C@H]1O[C@]2(C=C[C@@H]1C)C[C@@H]1C[C@@H](CC=C(C)[C@@H](OC3C[C@H](OC)[C@@H](OC4C[C@H](OC)[C@](NC(=O)C(F)(F)F)(C(=O)NC(C)C)[C@H](C)O4)[C@H](C)O3)C(C)C=CC=C3CO[C@@H]4[C@H](O)C(C)=C[C@@H](C(=O)O1)[C@]34O)O2. The molecule has 6 heterocycles. The largest absolute Gasteiger partial charge is 0.471 e. The summed E-state index contributed by atoms with van der Waals surface area (Å²) in [4.78, 5) is 40.5. The van der Waals surface area contributed by atoms with E-state index in [2.05, 4.69) is 38.2 Å². The molecular weight excluding hydrogens is 974 g/mol. The maximum absolute atomic E-state index is 14.4. The number of nitrogens with one attached hydrogen (secondary N) is 2. The fraction of sp³-hybridized carbons (Fsp3) is 0.759. The molecule has 0 aromatic carbocycles. The average molecular weight is 1050 g/mol. The molecule has 6 aliphatic heterocycles. The van der Waals surface area contributed by atoms with Gasteiger partial charge in [-0.25, -0.2) is 0 Å². The van der Waals surface area contributed by atoms with E-state index < -0.39 is 126 Å². The summed E-state index contributed by atoms with van der Waals surface area (Å²) in [6.45, 7) is 18.4. The fourth-order valence-corrected chi connectivity index (χ4v) is 11.8. The maximum Gasteiger partial charge on any atom is 0.471 e. The molecule has 20 heteroatoms. The van der Waals surface area contributed by atoms with Gasteiger partial charge in [0.05, 0.1) is 49.3 Å². The Morgan fingerprint density at radius 1 is 0.932 bits per heavy atom. The Kier molecular flexibility index (Phi) is 18.2. The summed E-state index contributed by atoms with van der Waals surface area (Å²) in [5, 5.41) is 28.3. The van der Waals surface area contributed by atoms with Crippen molar-refractivity contribution >= 4 is 17.8 Å². The van der Waals surface area contributed by atoms with E-state index in [1.54, 1.807) is 45.9 Å². The van der Waals surface area contributed by atoms with Crippen LogP contribution in [0.5, 0.6) is 0 Å². The van der Waals surface area contributed by atoms with Gasteiger partial charge in [0.2, 0.25) is 0 Å². The number of fused-ring (bicyclic) bond motifs is 2. The maximum atomic E-state index is 14.4. The molecule has 1 aliphatic carbocycles. The molecule has 4 fully saturated rings. The van der Waals surface area contributed by atoms with E-state index in [1.807, 2.05) is 31.3 Å². The van der Waals surface area contributed by atoms with Crippen LogP contribution >= 0.6 is 0 Å². The monoisotopic (exact) mass is 1050 g/mol. The Hall–Kier alpha value is -3.54. The summed E-state index contributed by atoms with van der Waals surface area (Å²) in [7, 11) is 2.75. The summed E-state index contributed by atoms with van der Waals surface area (Å²) in [5.41, 5.74) is -2.43. The van der Waals surface area contributed by atoms with Crippen LogP contribution in [0.15, 0.2) is 59.3 Å². The van der Waals surface area contributed by atoms with E-state index in [-0.39, 0.29) is 49.7 Å². The van der Waals surface area contributed by atoms with Gasteiger partial charge >= 0.3 is 18.1 Å². The van der Waals surface area contributed by atoms with E-state index in [4.69, 9.17) is 47.4 Å². The van der Waals surface area contributed by atoms with Crippen molar-refractivity contribution in [2.75, 3.05) is 20.8 Å². The van der Waals surface area contributed by atoms with Crippen molar-refractivity contribution in [3.63, 3.8) is 0 Å². The van der Waals surface area contributed by atoms with Gasteiger partial charge in [-0.05, 0) is 76.7 Å². The van der Waals surface area contributed by atoms with E-state index in [9.17, 15) is 37.8 Å². The Morgan fingerprint density at radius 2 is 1.65 bits per heavy atom. The standard InChI is InChI=1S/C54H79F3N2O15/c1-13-28(4)45-31(7)19-20-51(74-45)25-37-22-36(73-51)18-17-30(6)44(29(5)15-14-16-35-26-67-47-43(60)32(8)21-38(48(61)70-37)53(35,47)64)71-41-23-39(65-11)46(33(9)68-41)72-42-24-40(66-12)52(34(10)69-42,49(62)58-27(2)3)59-50(63)54(55,56)57/h14-17,19-21,27-29,31,33-34,36-47,60,64H,13,18,22-26H2,1-12H3,(H,58,62)(H,59,63)/t28?,29?,31-,33-,34-,36+,37-,38-,39-,40-,41?,42?,43+,44-,45+,46-,47+,51+,52-,53+/m0/s1. The highest BCUT2D eigenvalue weighted by Crippen LogP contribution is 2.47. The van der Waals surface area contributed by atoms with Crippen LogP contribution in [-0.2, 0) is 61.8 Å². The van der Waals surface area contributed by atoms with Crippen LogP contribution in [0.2, 0.25) is 0 Å². The highest BCUT2D eigenvalue weighted by molar-refractivity contribution is 5.94. The molecule has 2 bridgehead atoms. The van der Waals surface area contributed by atoms with Crippen LogP contribution in [0.1, 0.15) is 108 Å². The first-order valence-electron chi connectivity index (χ1n) is 26.2. The predicted molar refractivity (Wildman–Crippen MR) is 262 cm³/mol. The van der Waals surface area contributed by atoms with Crippen molar-refractivity contribution in [1.82, 2.24) is 10.6 Å². The molecule has 4 N–H and O–H groups in total. The van der Waals surface area contributed by atoms with Crippen LogP contribution in [0.3, 0.4) is 0 Å². The minimum atomic E-state index is -5.30. The van der Waals surface area contributed by atoms with Crippen molar-refractivity contribution in [1.29, 1.82) is 0 Å². The minimum absolute atomic E-state index is 0.0354. The van der Waals surface area contributed by atoms with Gasteiger partial charge in [-0.3, -0.25) is 14.4 Å². The van der Waals surface area contributed by atoms with Crippen LogP contribution in [0.4, 0.5) is 13.2 Å². The van der Waals surface area contributed by atoms with Crippen LogP contribution in [-0.4, -0.2) is 158 Å². The summed E-state index contributed by atoms with van der Waals surface area (Å²) in [6, 6.07) is -0.491. The quantitative estimate of drug-likeness (QED) is 0.139. The Labute approximate surface area is 432 Å². The number of halogens is 3. The Balaban J connectivity index is 1.15. The molecule has 1 spiro atoms. The zero-order chi connectivity index (χ0) is 54.2. The number of amides is 2. The first kappa shape index (κ1) is 58.1. The van der Waals surface area contributed by atoms with Gasteiger partial charge in [0.15, 0.2) is 23.9 Å². The molecule has 4 saturated heterocycles. The molecule has 17 nitrogen and oxygen atoms in total. The number of aliphatic hydroxyl groups excluding tert-OH is 1. The lowest BCUT2D eigenvalue weighted by atomic mass is 9.71. The van der Waals surface area contributed by atoms with Crippen LogP contribution < -0.4 is 10.6 Å². The average Bonchev–Trinajstić information content (AvgIpc) is 3.68. The van der Waals surface area contributed by atoms with Gasteiger partial charge in [-0.15, -0.1) is 0 Å². The van der Waals surface area contributed by atoms with Crippen molar-refractivity contribution < 1.29 is 85.1 Å². The molecule has 0 saturated carbocycles. The van der Waals surface area contributed by atoms with Gasteiger partial charge in [0.1, 0.15) is 35.9 Å². The summed E-state index contributed by atoms with van der Waals surface area (Å²) < 4.78 is 105. The number of hydrogen-bond acceptors (Lipinski definition) is 15. The second-order valence-corrected chi connectivity index (χ2v) is 21.8. The summed E-state index contributed by atoms with van der Waals surface area (Å²) in [6.07, 6.45) is -1.36. The molecule has 0 aromatic heterocycles. The number of esters is 1. The van der Waals surface area contributed by atoms with Crippen molar-refractivity contribution in [3.05, 3.63) is 59.3 Å². The third-order valence-electron chi connectivity index (χ3n) is 16.1. The number of rotatable bonds is 11. The molecule has 4 unspecified atom stereocenters. The lowest BCUT2D eigenvalue weighted by molar-refractivity contribution is -0.316.